The number of carbonyl (C=O) groups is 2. The lowest BCUT2D eigenvalue weighted by atomic mass is 9.98. The van der Waals surface area contributed by atoms with Crippen molar-refractivity contribution in [1.29, 1.82) is 0 Å². The molecule has 1 aliphatic heterocycles. The van der Waals surface area contributed by atoms with E-state index < -0.39 is 0 Å². The lowest BCUT2D eigenvalue weighted by molar-refractivity contribution is -0.118. The minimum Gasteiger partial charge on any atom is -0.350 e. The topological polar surface area (TPSA) is 75.2 Å². The van der Waals surface area contributed by atoms with Gasteiger partial charge in [-0.1, -0.05) is 12.1 Å². The molecule has 2 aromatic heterocycles. The lowest BCUT2D eigenvalue weighted by Crippen LogP contribution is -2.26. The smallest absolute Gasteiger partial charge is 0.247 e. The molecule has 0 unspecified atom stereocenters. The van der Waals surface area contributed by atoms with Gasteiger partial charge in [-0.2, -0.15) is 0 Å². The van der Waals surface area contributed by atoms with Gasteiger partial charge in [-0.3, -0.25) is 19.6 Å². The largest absolute Gasteiger partial charge is 0.350 e. The molecule has 3 aromatic rings. The van der Waals surface area contributed by atoms with Crippen LogP contribution in [-0.4, -0.2) is 34.4 Å². The van der Waals surface area contributed by atoms with Crippen molar-refractivity contribution in [3.8, 4) is 22.3 Å². The Hall–Kier alpha value is -3.80. The first-order chi connectivity index (χ1) is 16.2. The molecule has 6 heteroatoms. The molecule has 1 aromatic carbocycles. The standard InChI is InChI=1S/C27H24N4O2/c32-26-2-1-11-31(26)22-7-3-17(4-8-22)19-12-20(16-28-15-19)23-9-10-29-25-14-18(13-24(23)25)27(33)30-21-5-6-21/h3-4,7-10,12-13,15-16,21H,1-2,5-6,11,14H2,(H,30,33). The van der Waals surface area contributed by atoms with Crippen LogP contribution in [0.4, 0.5) is 5.69 Å². The van der Waals surface area contributed by atoms with Gasteiger partial charge in [0.05, 0.1) is 5.69 Å². The second-order valence-electron chi connectivity index (χ2n) is 8.97. The van der Waals surface area contributed by atoms with E-state index in [1.807, 2.05) is 53.7 Å². The Morgan fingerprint density at radius 3 is 2.61 bits per heavy atom. The molecule has 2 fully saturated rings. The molecular weight excluding hydrogens is 412 g/mol. The number of hydrogen-bond acceptors (Lipinski definition) is 4. The highest BCUT2D eigenvalue weighted by Gasteiger charge is 2.28. The van der Waals surface area contributed by atoms with E-state index in [-0.39, 0.29) is 11.8 Å². The van der Waals surface area contributed by atoms with Gasteiger partial charge in [-0.15, -0.1) is 0 Å². The Kier molecular flexibility index (Phi) is 4.79. The fourth-order valence-corrected chi connectivity index (χ4v) is 4.63. The first-order valence-electron chi connectivity index (χ1n) is 11.5. The summed E-state index contributed by atoms with van der Waals surface area (Å²) in [5.74, 6) is 0.209. The maximum Gasteiger partial charge on any atom is 0.247 e. The zero-order valence-corrected chi connectivity index (χ0v) is 18.3. The van der Waals surface area contributed by atoms with E-state index in [9.17, 15) is 9.59 Å². The number of nitrogens with zero attached hydrogens (tertiary/aromatic N) is 3. The van der Waals surface area contributed by atoms with E-state index >= 15 is 0 Å². The molecule has 1 saturated heterocycles. The normalized spacial score (nSPS) is 17.2. The van der Waals surface area contributed by atoms with Crippen LogP contribution < -0.4 is 10.2 Å². The molecule has 0 radical (unpaired) electrons. The molecule has 33 heavy (non-hydrogen) atoms. The van der Waals surface area contributed by atoms with Gasteiger partial charge in [0.15, 0.2) is 0 Å². The monoisotopic (exact) mass is 436 g/mol. The third-order valence-electron chi connectivity index (χ3n) is 6.59. The quantitative estimate of drug-likeness (QED) is 0.652. The zero-order chi connectivity index (χ0) is 22.4. The number of amides is 2. The maximum atomic E-state index is 12.6. The van der Waals surface area contributed by atoms with Crippen LogP contribution in [0.25, 0.3) is 28.3 Å². The summed E-state index contributed by atoms with van der Waals surface area (Å²) < 4.78 is 0. The van der Waals surface area contributed by atoms with E-state index in [2.05, 4.69) is 21.4 Å². The Balaban J connectivity index is 1.29. The first kappa shape index (κ1) is 19.9. The van der Waals surface area contributed by atoms with Gasteiger partial charge in [0.25, 0.3) is 0 Å². The molecule has 1 N–H and O–H groups in total. The average molecular weight is 437 g/mol. The molecule has 0 spiro atoms. The fraction of sp³-hybridized carbons (Fsp3) is 0.259. The van der Waals surface area contributed by atoms with E-state index in [0.29, 0.717) is 18.9 Å². The molecule has 3 heterocycles. The van der Waals surface area contributed by atoms with E-state index in [4.69, 9.17) is 0 Å². The Morgan fingerprint density at radius 1 is 1.03 bits per heavy atom. The lowest BCUT2D eigenvalue weighted by Gasteiger charge is -2.16. The summed E-state index contributed by atoms with van der Waals surface area (Å²) in [6.07, 6.45) is 11.7. The molecule has 0 bridgehead atoms. The maximum absolute atomic E-state index is 12.6. The fourth-order valence-electron chi connectivity index (χ4n) is 4.63. The van der Waals surface area contributed by atoms with Gasteiger partial charge < -0.3 is 10.2 Å². The summed E-state index contributed by atoms with van der Waals surface area (Å²) in [7, 11) is 0. The number of nitrogens with one attached hydrogen (secondary N) is 1. The molecule has 2 aliphatic carbocycles. The van der Waals surface area contributed by atoms with Crippen molar-refractivity contribution in [3.05, 3.63) is 71.8 Å². The summed E-state index contributed by atoms with van der Waals surface area (Å²) in [5.41, 5.74) is 7.72. The number of fused-ring (bicyclic) bond motifs is 1. The number of hydrogen-bond donors (Lipinski definition) is 1. The third kappa shape index (κ3) is 3.82. The van der Waals surface area contributed by atoms with Crippen LogP contribution in [0.2, 0.25) is 0 Å². The molecule has 164 valence electrons. The third-order valence-corrected chi connectivity index (χ3v) is 6.59. The van der Waals surface area contributed by atoms with Crippen molar-refractivity contribution < 1.29 is 9.59 Å². The SMILES string of the molecule is O=C(NC1CC1)C1=Cc2c(-c3cncc(-c4ccc(N5CCCC5=O)cc4)c3)ccnc2C1. The Morgan fingerprint density at radius 2 is 1.85 bits per heavy atom. The number of anilines is 1. The van der Waals surface area contributed by atoms with Crippen LogP contribution in [0.15, 0.2) is 60.6 Å². The molecule has 6 nitrogen and oxygen atoms in total. The number of aromatic nitrogens is 2. The van der Waals surface area contributed by atoms with Crippen LogP contribution in [0.3, 0.4) is 0 Å². The molecule has 2 amide bonds. The second-order valence-corrected chi connectivity index (χ2v) is 8.97. The van der Waals surface area contributed by atoms with Gasteiger partial charge in [0.2, 0.25) is 11.8 Å². The van der Waals surface area contributed by atoms with Crippen molar-refractivity contribution >= 4 is 23.6 Å². The van der Waals surface area contributed by atoms with Gasteiger partial charge >= 0.3 is 0 Å². The summed E-state index contributed by atoms with van der Waals surface area (Å²) in [6, 6.07) is 12.5. The number of carbonyl (C=O) groups excluding carboxylic acids is 2. The summed E-state index contributed by atoms with van der Waals surface area (Å²) in [6.45, 7) is 0.788. The van der Waals surface area contributed by atoms with Crippen molar-refractivity contribution in [2.75, 3.05) is 11.4 Å². The Bertz CT molecular complexity index is 1290. The number of pyridine rings is 2. The van der Waals surface area contributed by atoms with Crippen LogP contribution in [-0.2, 0) is 16.0 Å². The van der Waals surface area contributed by atoms with E-state index in [1.165, 1.54) is 0 Å². The van der Waals surface area contributed by atoms with Crippen LogP contribution in [0.1, 0.15) is 36.9 Å². The summed E-state index contributed by atoms with van der Waals surface area (Å²) in [5, 5.41) is 3.08. The van der Waals surface area contributed by atoms with Gasteiger partial charge in [0.1, 0.15) is 0 Å². The Labute approximate surface area is 192 Å². The molecular formula is C27H24N4O2. The predicted octanol–water partition coefficient (Wildman–Crippen LogP) is 4.16. The van der Waals surface area contributed by atoms with Crippen LogP contribution >= 0.6 is 0 Å². The van der Waals surface area contributed by atoms with Crippen LogP contribution in [0.5, 0.6) is 0 Å². The zero-order valence-electron chi connectivity index (χ0n) is 18.3. The van der Waals surface area contributed by atoms with Crippen LogP contribution in [0, 0.1) is 0 Å². The first-order valence-corrected chi connectivity index (χ1v) is 11.5. The van der Waals surface area contributed by atoms with Crippen molar-refractivity contribution in [3.63, 3.8) is 0 Å². The molecule has 6 rings (SSSR count). The highest BCUT2D eigenvalue weighted by molar-refractivity contribution is 6.02. The minimum atomic E-state index is 0.0184. The second kappa shape index (κ2) is 7.96. The summed E-state index contributed by atoms with van der Waals surface area (Å²) >= 11 is 0. The van der Waals surface area contributed by atoms with Gasteiger partial charge in [-0.25, -0.2) is 0 Å². The highest BCUT2D eigenvalue weighted by atomic mass is 16.2. The van der Waals surface area contributed by atoms with Crippen molar-refractivity contribution in [2.45, 2.75) is 38.1 Å². The van der Waals surface area contributed by atoms with Crippen molar-refractivity contribution in [2.24, 2.45) is 0 Å². The molecule has 1 saturated carbocycles. The molecule has 0 atom stereocenters. The predicted molar refractivity (Wildman–Crippen MR) is 127 cm³/mol. The minimum absolute atomic E-state index is 0.0184. The highest BCUT2D eigenvalue weighted by Crippen LogP contribution is 2.35. The van der Waals surface area contributed by atoms with Gasteiger partial charge in [-0.05, 0) is 60.7 Å². The van der Waals surface area contributed by atoms with Crippen molar-refractivity contribution in [1.82, 2.24) is 15.3 Å². The van der Waals surface area contributed by atoms with E-state index in [0.717, 1.165) is 70.6 Å². The van der Waals surface area contributed by atoms with E-state index in [1.54, 1.807) is 6.20 Å². The number of rotatable bonds is 5. The number of benzene rings is 1. The van der Waals surface area contributed by atoms with Gasteiger partial charge in [0, 0.05) is 72.0 Å². The molecule has 3 aliphatic rings. The average Bonchev–Trinajstić information content (AvgIpc) is 3.37. The summed E-state index contributed by atoms with van der Waals surface area (Å²) in [4.78, 5) is 35.4.